The number of fused-ring (bicyclic) bond motifs is 2. The lowest BCUT2D eigenvalue weighted by Gasteiger charge is -2.07. The van der Waals surface area contributed by atoms with E-state index in [2.05, 4.69) is 25.4 Å². The van der Waals surface area contributed by atoms with E-state index < -0.39 is 0 Å². The molecule has 4 rings (SSSR count). The highest BCUT2D eigenvalue weighted by Gasteiger charge is 2.09. The second-order valence-electron chi connectivity index (χ2n) is 5.46. The number of aromatic nitrogens is 5. The Balaban J connectivity index is 1.52. The van der Waals surface area contributed by atoms with Crippen LogP contribution < -0.4 is 5.32 Å². The average molecular weight is 308 g/mol. The van der Waals surface area contributed by atoms with Crippen LogP contribution in [0.2, 0.25) is 0 Å². The minimum atomic E-state index is 0.588. The van der Waals surface area contributed by atoms with E-state index >= 15 is 0 Å². The number of nitrogens with one attached hydrogen (secondary N) is 1. The second kappa shape index (κ2) is 5.35. The van der Waals surface area contributed by atoms with Gasteiger partial charge < -0.3 is 9.73 Å². The van der Waals surface area contributed by atoms with Crippen molar-refractivity contribution in [2.24, 2.45) is 0 Å². The molecule has 1 N–H and O–H groups in total. The fourth-order valence-electron chi connectivity index (χ4n) is 2.59. The van der Waals surface area contributed by atoms with Crippen LogP contribution in [0.15, 0.2) is 35.0 Å². The van der Waals surface area contributed by atoms with Crippen molar-refractivity contribution in [1.29, 1.82) is 0 Å². The maximum atomic E-state index is 5.78. The van der Waals surface area contributed by atoms with Gasteiger partial charge in [0.2, 0.25) is 0 Å². The van der Waals surface area contributed by atoms with Gasteiger partial charge in [-0.3, -0.25) is 0 Å². The van der Waals surface area contributed by atoms with Gasteiger partial charge in [-0.25, -0.2) is 9.97 Å². The monoisotopic (exact) mass is 308 g/mol. The standard InChI is InChI=1S/C16H16N6O/c1-10-4-3-5-12-15(10)21-14(23-12)6-7-17-13-8-11(2)20-16-18-9-19-22(13)16/h3-5,8-9,17H,6-7H2,1-2H3. The van der Waals surface area contributed by atoms with Crippen LogP contribution in [0.3, 0.4) is 0 Å². The predicted molar refractivity (Wildman–Crippen MR) is 86.5 cm³/mol. The number of hydrogen-bond acceptors (Lipinski definition) is 6. The highest BCUT2D eigenvalue weighted by Crippen LogP contribution is 2.19. The Kier molecular flexibility index (Phi) is 3.18. The van der Waals surface area contributed by atoms with E-state index in [0.717, 1.165) is 34.1 Å². The van der Waals surface area contributed by atoms with Crippen molar-refractivity contribution in [3.05, 3.63) is 47.7 Å². The molecule has 0 saturated heterocycles. The zero-order chi connectivity index (χ0) is 15.8. The summed E-state index contributed by atoms with van der Waals surface area (Å²) in [7, 11) is 0. The van der Waals surface area contributed by atoms with Crippen molar-refractivity contribution in [2.75, 3.05) is 11.9 Å². The summed E-state index contributed by atoms with van der Waals surface area (Å²) in [6.45, 7) is 4.65. The molecule has 0 aliphatic rings. The minimum absolute atomic E-state index is 0.588. The van der Waals surface area contributed by atoms with Crippen molar-refractivity contribution in [1.82, 2.24) is 24.6 Å². The normalized spacial score (nSPS) is 11.4. The van der Waals surface area contributed by atoms with E-state index in [1.807, 2.05) is 38.1 Å². The van der Waals surface area contributed by atoms with Crippen molar-refractivity contribution in [3.63, 3.8) is 0 Å². The van der Waals surface area contributed by atoms with E-state index in [0.29, 0.717) is 18.7 Å². The molecule has 7 nitrogen and oxygen atoms in total. The minimum Gasteiger partial charge on any atom is -0.441 e. The summed E-state index contributed by atoms with van der Waals surface area (Å²) in [5, 5.41) is 7.52. The number of anilines is 1. The lowest BCUT2D eigenvalue weighted by Crippen LogP contribution is -2.10. The summed E-state index contributed by atoms with van der Waals surface area (Å²) in [5.74, 6) is 2.17. The van der Waals surface area contributed by atoms with Gasteiger partial charge in [0.1, 0.15) is 17.7 Å². The van der Waals surface area contributed by atoms with E-state index in [1.54, 1.807) is 4.52 Å². The Hall–Kier alpha value is -2.96. The summed E-state index contributed by atoms with van der Waals surface area (Å²) < 4.78 is 7.47. The molecule has 0 radical (unpaired) electrons. The molecule has 0 bridgehead atoms. The molecule has 0 atom stereocenters. The van der Waals surface area contributed by atoms with Crippen LogP contribution in [0, 0.1) is 13.8 Å². The fourth-order valence-corrected chi connectivity index (χ4v) is 2.59. The molecule has 4 aromatic rings. The number of aryl methyl sites for hydroxylation is 2. The number of nitrogens with zero attached hydrogens (tertiary/aromatic N) is 5. The molecular weight excluding hydrogens is 292 g/mol. The third-order valence-corrected chi connectivity index (χ3v) is 3.69. The smallest absolute Gasteiger partial charge is 0.254 e. The summed E-state index contributed by atoms with van der Waals surface area (Å²) >= 11 is 0. The van der Waals surface area contributed by atoms with Crippen LogP contribution in [0.5, 0.6) is 0 Å². The quantitative estimate of drug-likeness (QED) is 0.624. The van der Waals surface area contributed by atoms with E-state index in [-0.39, 0.29) is 0 Å². The zero-order valence-corrected chi connectivity index (χ0v) is 12.9. The molecule has 23 heavy (non-hydrogen) atoms. The largest absolute Gasteiger partial charge is 0.441 e. The van der Waals surface area contributed by atoms with Crippen LogP contribution in [0.1, 0.15) is 17.1 Å². The maximum absolute atomic E-state index is 5.78. The summed E-state index contributed by atoms with van der Waals surface area (Å²) in [4.78, 5) is 13.0. The SMILES string of the molecule is Cc1cc(NCCc2nc3c(C)cccc3o2)n2ncnc2n1. The van der Waals surface area contributed by atoms with Gasteiger partial charge in [0.15, 0.2) is 11.5 Å². The van der Waals surface area contributed by atoms with Crippen molar-refractivity contribution < 1.29 is 4.42 Å². The highest BCUT2D eigenvalue weighted by molar-refractivity contribution is 5.76. The van der Waals surface area contributed by atoms with Gasteiger partial charge in [0, 0.05) is 24.7 Å². The third kappa shape index (κ3) is 2.50. The van der Waals surface area contributed by atoms with Crippen LogP contribution >= 0.6 is 0 Å². The van der Waals surface area contributed by atoms with E-state index in [4.69, 9.17) is 4.42 Å². The molecule has 1 aromatic carbocycles. The molecule has 3 aromatic heterocycles. The van der Waals surface area contributed by atoms with Gasteiger partial charge in [-0.15, -0.1) is 0 Å². The number of benzene rings is 1. The first kappa shape index (κ1) is 13.7. The summed E-state index contributed by atoms with van der Waals surface area (Å²) in [5.41, 5.74) is 3.78. The Bertz CT molecular complexity index is 987. The second-order valence-corrected chi connectivity index (χ2v) is 5.46. The first-order valence-corrected chi connectivity index (χ1v) is 7.47. The van der Waals surface area contributed by atoms with E-state index in [1.165, 1.54) is 6.33 Å². The summed E-state index contributed by atoms with van der Waals surface area (Å²) in [6, 6.07) is 7.90. The average Bonchev–Trinajstić information content (AvgIpc) is 3.14. The Morgan fingerprint density at radius 3 is 3.00 bits per heavy atom. The lowest BCUT2D eigenvalue weighted by molar-refractivity contribution is 0.533. The Morgan fingerprint density at radius 1 is 1.22 bits per heavy atom. The molecular formula is C16H16N6O. The number of hydrogen-bond donors (Lipinski definition) is 1. The van der Waals surface area contributed by atoms with Crippen LogP contribution in [-0.4, -0.2) is 31.1 Å². The molecule has 116 valence electrons. The van der Waals surface area contributed by atoms with Crippen LogP contribution in [0.4, 0.5) is 5.82 Å². The molecule has 3 heterocycles. The number of oxazole rings is 1. The molecule has 0 unspecified atom stereocenters. The maximum Gasteiger partial charge on any atom is 0.254 e. The number of para-hydroxylation sites is 1. The fraction of sp³-hybridized carbons (Fsp3) is 0.250. The molecule has 0 spiro atoms. The van der Waals surface area contributed by atoms with Crippen molar-refractivity contribution >= 4 is 22.7 Å². The molecule has 0 amide bonds. The van der Waals surface area contributed by atoms with Gasteiger partial charge >= 0.3 is 0 Å². The molecule has 0 fully saturated rings. The zero-order valence-electron chi connectivity index (χ0n) is 12.9. The van der Waals surface area contributed by atoms with Crippen LogP contribution in [-0.2, 0) is 6.42 Å². The lowest BCUT2D eigenvalue weighted by atomic mass is 10.2. The van der Waals surface area contributed by atoms with Gasteiger partial charge in [-0.2, -0.15) is 14.6 Å². The van der Waals surface area contributed by atoms with Crippen LogP contribution in [0.25, 0.3) is 16.9 Å². The molecule has 0 aliphatic heterocycles. The third-order valence-electron chi connectivity index (χ3n) is 3.69. The molecule has 0 saturated carbocycles. The molecule has 0 aliphatic carbocycles. The van der Waals surface area contributed by atoms with Crippen molar-refractivity contribution in [3.8, 4) is 0 Å². The highest BCUT2D eigenvalue weighted by atomic mass is 16.3. The Labute approximate surface area is 132 Å². The van der Waals surface area contributed by atoms with Crippen molar-refractivity contribution in [2.45, 2.75) is 20.3 Å². The molecule has 7 heteroatoms. The van der Waals surface area contributed by atoms with Gasteiger partial charge in [-0.1, -0.05) is 12.1 Å². The van der Waals surface area contributed by atoms with Gasteiger partial charge in [0.05, 0.1) is 0 Å². The van der Waals surface area contributed by atoms with E-state index in [9.17, 15) is 0 Å². The summed E-state index contributed by atoms with van der Waals surface area (Å²) in [6.07, 6.45) is 2.18. The topological polar surface area (TPSA) is 81.1 Å². The predicted octanol–water partition coefficient (Wildman–Crippen LogP) is 2.54. The number of rotatable bonds is 4. The van der Waals surface area contributed by atoms with Gasteiger partial charge in [-0.05, 0) is 25.5 Å². The Morgan fingerprint density at radius 2 is 2.13 bits per heavy atom. The first-order valence-electron chi connectivity index (χ1n) is 7.47. The van der Waals surface area contributed by atoms with Gasteiger partial charge in [0.25, 0.3) is 5.78 Å². The first-order chi connectivity index (χ1) is 11.2.